The van der Waals surface area contributed by atoms with Crippen LogP contribution >= 0.6 is 11.6 Å². The number of nitrogens with one attached hydrogen (secondary N) is 1. The molecule has 0 aromatic heterocycles. The van der Waals surface area contributed by atoms with E-state index in [1.165, 1.54) is 0 Å². The largest absolute Gasteiger partial charge is 0.445 e. The minimum atomic E-state index is -0.400. The van der Waals surface area contributed by atoms with Gasteiger partial charge < -0.3 is 4.74 Å². The van der Waals surface area contributed by atoms with Gasteiger partial charge in [0.1, 0.15) is 6.10 Å². The van der Waals surface area contributed by atoms with Crippen LogP contribution in [0.1, 0.15) is 12.8 Å². The Bertz CT molecular complexity index is 500. The quantitative estimate of drug-likeness (QED) is 0.823. The van der Waals surface area contributed by atoms with Gasteiger partial charge in [0.25, 0.3) is 0 Å². The fraction of sp³-hybridized carbons (Fsp3) is 0.357. The monoisotopic (exact) mass is 263 g/mol. The zero-order chi connectivity index (χ0) is 12.5. The first-order chi connectivity index (χ1) is 8.70. The molecule has 2 aliphatic rings. The van der Waals surface area contributed by atoms with Crippen LogP contribution in [-0.4, -0.2) is 12.2 Å². The highest BCUT2D eigenvalue weighted by Crippen LogP contribution is 2.40. The average Bonchev–Trinajstić information content (AvgIpc) is 2.90. The Kier molecular flexibility index (Phi) is 3.00. The van der Waals surface area contributed by atoms with Crippen LogP contribution in [0.5, 0.6) is 0 Å². The molecule has 3 rings (SSSR count). The van der Waals surface area contributed by atoms with Gasteiger partial charge in [-0.2, -0.15) is 0 Å². The molecule has 0 heterocycles. The molecule has 1 saturated carbocycles. The fourth-order valence-electron chi connectivity index (χ4n) is 2.72. The van der Waals surface area contributed by atoms with Gasteiger partial charge in [0.05, 0.1) is 0 Å². The standard InChI is InChI=1S/C14H14ClNO2/c15-11-2-1-3-12(8-11)16-14(17)18-13-7-9-4-5-10(13)6-9/h1-5,8-10,13H,6-7H2,(H,16,17)/t9-,10-,13-/m0/s1. The van der Waals surface area contributed by atoms with E-state index < -0.39 is 6.09 Å². The molecule has 0 spiro atoms. The van der Waals surface area contributed by atoms with E-state index in [-0.39, 0.29) is 6.10 Å². The summed E-state index contributed by atoms with van der Waals surface area (Å²) in [5.74, 6) is 0.999. The molecule has 94 valence electrons. The Hall–Kier alpha value is -1.48. The van der Waals surface area contributed by atoms with Gasteiger partial charge in [-0.25, -0.2) is 4.79 Å². The van der Waals surface area contributed by atoms with Crippen LogP contribution in [-0.2, 0) is 4.74 Å². The van der Waals surface area contributed by atoms with Crippen molar-refractivity contribution in [3.05, 3.63) is 41.4 Å². The Morgan fingerprint density at radius 2 is 2.22 bits per heavy atom. The summed E-state index contributed by atoms with van der Waals surface area (Å²) in [7, 11) is 0. The van der Waals surface area contributed by atoms with E-state index in [1.807, 2.05) is 0 Å². The average molecular weight is 264 g/mol. The van der Waals surface area contributed by atoms with Crippen molar-refractivity contribution in [1.82, 2.24) is 0 Å². The van der Waals surface area contributed by atoms with Gasteiger partial charge in [-0.05, 0) is 37.0 Å². The first-order valence-electron chi connectivity index (χ1n) is 6.12. The molecule has 0 radical (unpaired) electrons. The number of fused-ring (bicyclic) bond motifs is 2. The van der Waals surface area contributed by atoms with E-state index in [0.29, 0.717) is 22.5 Å². The van der Waals surface area contributed by atoms with Crippen LogP contribution < -0.4 is 5.32 Å². The number of ether oxygens (including phenoxy) is 1. The van der Waals surface area contributed by atoms with Crippen molar-refractivity contribution in [3.8, 4) is 0 Å². The van der Waals surface area contributed by atoms with Crippen molar-refractivity contribution < 1.29 is 9.53 Å². The molecule has 3 nitrogen and oxygen atoms in total. The lowest BCUT2D eigenvalue weighted by molar-refractivity contribution is 0.0957. The molecule has 1 N–H and O–H groups in total. The number of anilines is 1. The number of benzene rings is 1. The van der Waals surface area contributed by atoms with Crippen LogP contribution in [0.4, 0.5) is 10.5 Å². The smallest absolute Gasteiger partial charge is 0.411 e. The zero-order valence-electron chi connectivity index (χ0n) is 9.80. The van der Waals surface area contributed by atoms with Gasteiger partial charge in [-0.1, -0.05) is 29.8 Å². The second-order valence-electron chi connectivity index (χ2n) is 4.86. The fourth-order valence-corrected chi connectivity index (χ4v) is 2.91. The van der Waals surface area contributed by atoms with E-state index in [2.05, 4.69) is 17.5 Å². The normalized spacial score (nSPS) is 28.4. The Labute approximate surface area is 111 Å². The van der Waals surface area contributed by atoms with Crippen molar-refractivity contribution in [2.45, 2.75) is 18.9 Å². The predicted molar refractivity (Wildman–Crippen MR) is 70.7 cm³/mol. The highest BCUT2D eigenvalue weighted by molar-refractivity contribution is 6.30. The van der Waals surface area contributed by atoms with E-state index in [1.54, 1.807) is 24.3 Å². The number of hydrogen-bond donors (Lipinski definition) is 1. The molecule has 1 amide bonds. The summed E-state index contributed by atoms with van der Waals surface area (Å²) >= 11 is 5.85. The van der Waals surface area contributed by atoms with Crippen molar-refractivity contribution in [1.29, 1.82) is 0 Å². The van der Waals surface area contributed by atoms with Gasteiger partial charge >= 0.3 is 6.09 Å². The van der Waals surface area contributed by atoms with Crippen LogP contribution in [0.3, 0.4) is 0 Å². The van der Waals surface area contributed by atoms with E-state index in [0.717, 1.165) is 12.8 Å². The van der Waals surface area contributed by atoms with Crippen molar-refractivity contribution in [2.24, 2.45) is 11.8 Å². The molecular weight excluding hydrogens is 250 g/mol. The summed E-state index contributed by atoms with van der Waals surface area (Å²) in [5.41, 5.74) is 0.659. The first kappa shape index (κ1) is 11.6. The molecule has 1 aromatic rings. The summed E-state index contributed by atoms with van der Waals surface area (Å²) in [6, 6.07) is 7.04. The predicted octanol–water partition coefficient (Wildman–Crippen LogP) is 3.85. The zero-order valence-corrected chi connectivity index (χ0v) is 10.6. The molecule has 3 atom stereocenters. The van der Waals surface area contributed by atoms with Crippen LogP contribution in [0.2, 0.25) is 5.02 Å². The molecule has 0 unspecified atom stereocenters. The number of carbonyl (C=O) groups is 1. The molecule has 2 aliphatic carbocycles. The Balaban J connectivity index is 1.58. The summed E-state index contributed by atoms with van der Waals surface area (Å²) in [5, 5.41) is 3.29. The minimum Gasteiger partial charge on any atom is -0.445 e. The lowest BCUT2D eigenvalue weighted by Gasteiger charge is -2.19. The summed E-state index contributed by atoms with van der Waals surface area (Å²) in [6.45, 7) is 0. The maximum Gasteiger partial charge on any atom is 0.411 e. The van der Waals surface area contributed by atoms with E-state index in [4.69, 9.17) is 16.3 Å². The number of rotatable bonds is 2. The van der Waals surface area contributed by atoms with E-state index in [9.17, 15) is 4.79 Å². The Morgan fingerprint density at radius 3 is 2.89 bits per heavy atom. The van der Waals surface area contributed by atoms with Gasteiger partial charge in [-0.15, -0.1) is 0 Å². The topological polar surface area (TPSA) is 38.3 Å². The van der Waals surface area contributed by atoms with Gasteiger partial charge in [0.2, 0.25) is 0 Å². The summed E-state index contributed by atoms with van der Waals surface area (Å²) in [6.07, 6.45) is 6.08. The molecule has 0 aliphatic heterocycles. The molecule has 1 fully saturated rings. The maximum atomic E-state index is 11.8. The number of halogens is 1. The second-order valence-corrected chi connectivity index (χ2v) is 5.30. The number of carbonyl (C=O) groups excluding carboxylic acids is 1. The summed E-state index contributed by atoms with van der Waals surface area (Å²) < 4.78 is 5.44. The number of amides is 1. The highest BCUT2D eigenvalue weighted by Gasteiger charge is 2.38. The van der Waals surface area contributed by atoms with Gasteiger partial charge in [0.15, 0.2) is 0 Å². The first-order valence-corrected chi connectivity index (χ1v) is 6.50. The molecule has 18 heavy (non-hydrogen) atoms. The van der Waals surface area contributed by atoms with Crippen LogP contribution in [0.25, 0.3) is 0 Å². The van der Waals surface area contributed by atoms with Crippen molar-refractivity contribution in [3.63, 3.8) is 0 Å². The van der Waals surface area contributed by atoms with Crippen LogP contribution in [0, 0.1) is 11.8 Å². The molecule has 0 saturated heterocycles. The third kappa shape index (κ3) is 2.36. The molecule has 1 aromatic carbocycles. The minimum absolute atomic E-state index is 0.0270. The maximum absolute atomic E-state index is 11.8. The Morgan fingerprint density at radius 1 is 1.33 bits per heavy atom. The lowest BCUT2D eigenvalue weighted by Crippen LogP contribution is -2.25. The number of allylic oxidation sites excluding steroid dienone is 1. The summed E-state index contributed by atoms with van der Waals surface area (Å²) in [4.78, 5) is 11.8. The number of hydrogen-bond acceptors (Lipinski definition) is 2. The molecular formula is C14H14ClNO2. The third-order valence-corrected chi connectivity index (χ3v) is 3.78. The SMILES string of the molecule is O=C(Nc1cccc(Cl)c1)O[C@H]1C[C@H]2C=C[C@H]1C2. The molecule has 4 heteroatoms. The third-order valence-electron chi connectivity index (χ3n) is 3.55. The highest BCUT2D eigenvalue weighted by atomic mass is 35.5. The lowest BCUT2D eigenvalue weighted by atomic mass is 10.1. The molecule has 2 bridgehead atoms. The second kappa shape index (κ2) is 4.65. The van der Waals surface area contributed by atoms with E-state index >= 15 is 0 Å². The van der Waals surface area contributed by atoms with Gasteiger partial charge in [0, 0.05) is 16.6 Å². The van der Waals surface area contributed by atoms with Crippen molar-refractivity contribution >= 4 is 23.4 Å². The van der Waals surface area contributed by atoms with Crippen LogP contribution in [0.15, 0.2) is 36.4 Å². The van der Waals surface area contributed by atoms with Gasteiger partial charge in [-0.3, -0.25) is 5.32 Å². The van der Waals surface area contributed by atoms with Crippen molar-refractivity contribution in [2.75, 3.05) is 5.32 Å².